The highest BCUT2D eigenvalue weighted by Gasteiger charge is 2.32. The first-order valence-corrected chi connectivity index (χ1v) is 9.25. The quantitative estimate of drug-likeness (QED) is 0.518. The summed E-state index contributed by atoms with van der Waals surface area (Å²) < 4.78 is 11.0. The van der Waals surface area contributed by atoms with Crippen LogP contribution in [0.5, 0.6) is 5.75 Å². The fourth-order valence-corrected chi connectivity index (χ4v) is 2.79. The summed E-state index contributed by atoms with van der Waals surface area (Å²) in [6, 6.07) is 6.58. The Balaban J connectivity index is 2.14. The second-order valence-electron chi connectivity index (χ2n) is 6.33. The molecule has 0 fully saturated rings. The van der Waals surface area contributed by atoms with E-state index in [1.807, 2.05) is 31.2 Å². The highest BCUT2D eigenvalue weighted by atomic mass is 16.5. The van der Waals surface area contributed by atoms with Crippen LogP contribution in [0.15, 0.2) is 35.5 Å². The topological polar surface area (TPSA) is 76.7 Å². The van der Waals surface area contributed by atoms with Crippen molar-refractivity contribution in [1.29, 1.82) is 0 Å². The van der Waals surface area contributed by atoms with Crippen LogP contribution in [0.2, 0.25) is 0 Å². The number of benzene rings is 1. The summed E-state index contributed by atoms with van der Waals surface area (Å²) in [5.41, 5.74) is 1.75. The lowest BCUT2D eigenvalue weighted by Gasteiger charge is -2.28. The van der Waals surface area contributed by atoms with Crippen LogP contribution >= 0.6 is 0 Å². The van der Waals surface area contributed by atoms with Crippen molar-refractivity contribution in [3.63, 3.8) is 0 Å². The Labute approximate surface area is 154 Å². The molecule has 1 unspecified atom stereocenters. The van der Waals surface area contributed by atoms with Gasteiger partial charge in [0.05, 0.1) is 24.8 Å². The molecule has 1 atom stereocenters. The van der Waals surface area contributed by atoms with E-state index in [1.54, 1.807) is 6.92 Å². The van der Waals surface area contributed by atoms with E-state index < -0.39 is 12.0 Å². The van der Waals surface area contributed by atoms with Crippen molar-refractivity contribution in [1.82, 2.24) is 10.6 Å². The molecule has 0 bridgehead atoms. The molecule has 1 heterocycles. The molecule has 2 amide bonds. The molecule has 1 aliphatic rings. The number of ether oxygens (including phenoxy) is 2. The summed E-state index contributed by atoms with van der Waals surface area (Å²) >= 11 is 0. The molecule has 1 aromatic rings. The van der Waals surface area contributed by atoms with Crippen molar-refractivity contribution in [3.8, 4) is 5.75 Å². The highest BCUT2D eigenvalue weighted by Crippen LogP contribution is 2.29. The van der Waals surface area contributed by atoms with Crippen LogP contribution in [0.4, 0.5) is 4.79 Å². The van der Waals surface area contributed by atoms with E-state index in [0.717, 1.165) is 37.0 Å². The van der Waals surface area contributed by atoms with Crippen LogP contribution in [-0.4, -0.2) is 25.2 Å². The van der Waals surface area contributed by atoms with E-state index in [2.05, 4.69) is 17.6 Å². The number of hydrogen-bond donors (Lipinski definition) is 2. The summed E-state index contributed by atoms with van der Waals surface area (Å²) in [5.74, 6) is 0.364. The lowest BCUT2D eigenvalue weighted by atomic mass is 9.95. The molecule has 0 saturated heterocycles. The minimum Gasteiger partial charge on any atom is -0.494 e. The monoisotopic (exact) mass is 360 g/mol. The number of amides is 2. The molecule has 0 aliphatic carbocycles. The Bertz CT molecular complexity index is 652. The van der Waals surface area contributed by atoms with Gasteiger partial charge < -0.3 is 20.1 Å². The fourth-order valence-electron chi connectivity index (χ4n) is 2.79. The van der Waals surface area contributed by atoms with E-state index in [1.165, 1.54) is 0 Å². The summed E-state index contributed by atoms with van der Waals surface area (Å²) in [4.78, 5) is 24.3. The Morgan fingerprint density at radius 2 is 1.81 bits per heavy atom. The number of carbonyl (C=O) groups is 2. The van der Waals surface area contributed by atoms with Gasteiger partial charge in [-0.25, -0.2) is 9.59 Å². The van der Waals surface area contributed by atoms with Crippen LogP contribution in [0, 0.1) is 0 Å². The minimum atomic E-state index is -0.540. The van der Waals surface area contributed by atoms with Gasteiger partial charge in [-0.2, -0.15) is 0 Å². The van der Waals surface area contributed by atoms with E-state index >= 15 is 0 Å². The molecular formula is C20H28N2O4. The third kappa shape index (κ3) is 5.25. The van der Waals surface area contributed by atoms with Crippen molar-refractivity contribution >= 4 is 12.0 Å². The third-order valence-corrected chi connectivity index (χ3v) is 4.16. The van der Waals surface area contributed by atoms with Gasteiger partial charge in [0.25, 0.3) is 0 Å². The maximum absolute atomic E-state index is 12.4. The fraction of sp³-hybridized carbons (Fsp3) is 0.500. The van der Waals surface area contributed by atoms with Gasteiger partial charge in [0.1, 0.15) is 5.75 Å². The van der Waals surface area contributed by atoms with Crippen molar-refractivity contribution in [2.75, 3.05) is 13.2 Å². The molecule has 2 N–H and O–H groups in total. The molecule has 1 aromatic carbocycles. The Kier molecular flexibility index (Phi) is 7.51. The minimum absolute atomic E-state index is 0.334. The zero-order chi connectivity index (χ0) is 18.9. The van der Waals surface area contributed by atoms with Gasteiger partial charge in [-0.05, 0) is 37.5 Å². The van der Waals surface area contributed by atoms with Crippen LogP contribution in [0.25, 0.3) is 0 Å². The number of allylic oxidation sites excluding steroid dienone is 1. The van der Waals surface area contributed by atoms with Gasteiger partial charge in [0, 0.05) is 5.70 Å². The maximum Gasteiger partial charge on any atom is 0.338 e. The molecule has 0 radical (unpaired) electrons. The van der Waals surface area contributed by atoms with Crippen LogP contribution in [0.3, 0.4) is 0 Å². The first kappa shape index (κ1) is 19.8. The smallest absolute Gasteiger partial charge is 0.338 e. The Morgan fingerprint density at radius 1 is 1.08 bits per heavy atom. The second-order valence-corrected chi connectivity index (χ2v) is 6.33. The average Bonchev–Trinajstić information content (AvgIpc) is 2.63. The zero-order valence-corrected chi connectivity index (χ0v) is 15.8. The Hall–Kier alpha value is -2.50. The summed E-state index contributed by atoms with van der Waals surface area (Å²) in [7, 11) is 0. The molecule has 2 rings (SSSR count). The van der Waals surface area contributed by atoms with Gasteiger partial charge in [-0.3, -0.25) is 0 Å². The number of hydrogen-bond acceptors (Lipinski definition) is 4. The third-order valence-electron chi connectivity index (χ3n) is 4.16. The average molecular weight is 360 g/mol. The molecule has 142 valence electrons. The first-order valence-electron chi connectivity index (χ1n) is 9.25. The van der Waals surface area contributed by atoms with E-state index in [0.29, 0.717) is 24.5 Å². The molecule has 6 nitrogen and oxygen atoms in total. The number of urea groups is 1. The van der Waals surface area contributed by atoms with Gasteiger partial charge in [0.2, 0.25) is 0 Å². The molecule has 0 saturated carbocycles. The van der Waals surface area contributed by atoms with Gasteiger partial charge in [-0.15, -0.1) is 0 Å². The van der Waals surface area contributed by atoms with Crippen molar-refractivity contribution in [2.24, 2.45) is 0 Å². The summed E-state index contributed by atoms with van der Waals surface area (Å²) in [6.45, 7) is 6.83. The largest absolute Gasteiger partial charge is 0.494 e. The predicted molar refractivity (Wildman–Crippen MR) is 99.8 cm³/mol. The maximum atomic E-state index is 12.4. The van der Waals surface area contributed by atoms with E-state index in [9.17, 15) is 9.59 Å². The number of unbranched alkanes of at least 4 members (excludes halogenated alkanes) is 2. The van der Waals surface area contributed by atoms with Crippen LogP contribution < -0.4 is 15.4 Å². The molecule has 0 aromatic heterocycles. The van der Waals surface area contributed by atoms with Crippen molar-refractivity contribution in [2.45, 2.75) is 52.5 Å². The lowest BCUT2D eigenvalue weighted by Crippen LogP contribution is -2.45. The summed E-state index contributed by atoms with van der Waals surface area (Å²) in [6.07, 6.45) is 4.07. The molecule has 26 heavy (non-hydrogen) atoms. The first-order chi connectivity index (χ1) is 12.6. The molecule has 1 aliphatic heterocycles. The van der Waals surface area contributed by atoms with Gasteiger partial charge in [0.15, 0.2) is 0 Å². The number of esters is 1. The lowest BCUT2D eigenvalue weighted by molar-refractivity contribution is -0.139. The molecule has 6 heteroatoms. The van der Waals surface area contributed by atoms with Crippen molar-refractivity contribution < 1.29 is 19.1 Å². The van der Waals surface area contributed by atoms with Gasteiger partial charge >= 0.3 is 12.0 Å². The van der Waals surface area contributed by atoms with Gasteiger partial charge in [-0.1, -0.05) is 38.8 Å². The SMILES string of the molecule is CCCCCOc1ccc(C2NC(=O)NC(C)=C2C(=O)OCCC)cc1. The number of nitrogens with one attached hydrogen (secondary N) is 2. The van der Waals surface area contributed by atoms with Crippen molar-refractivity contribution in [3.05, 3.63) is 41.1 Å². The standard InChI is InChI=1S/C20H28N2O4/c1-4-6-7-13-25-16-10-8-15(9-11-16)18-17(19(23)26-12-5-2)14(3)21-20(24)22-18/h8-11,18H,4-7,12-13H2,1-3H3,(H2,21,22,24). The van der Waals surface area contributed by atoms with Crippen LogP contribution in [0.1, 0.15) is 58.1 Å². The molecular weight excluding hydrogens is 332 g/mol. The van der Waals surface area contributed by atoms with E-state index in [-0.39, 0.29) is 6.03 Å². The summed E-state index contributed by atoms with van der Waals surface area (Å²) in [5, 5.41) is 5.44. The predicted octanol–water partition coefficient (Wildman–Crippen LogP) is 3.84. The zero-order valence-electron chi connectivity index (χ0n) is 15.8. The molecule has 0 spiro atoms. The normalized spacial score (nSPS) is 16.7. The number of carbonyl (C=O) groups excluding carboxylic acids is 2. The van der Waals surface area contributed by atoms with E-state index in [4.69, 9.17) is 9.47 Å². The van der Waals surface area contributed by atoms with Crippen LogP contribution in [-0.2, 0) is 9.53 Å². The Morgan fingerprint density at radius 3 is 2.46 bits per heavy atom. The highest BCUT2D eigenvalue weighted by molar-refractivity contribution is 5.95. The number of rotatable bonds is 9. The second kappa shape index (κ2) is 9.85.